The van der Waals surface area contributed by atoms with Gasteiger partial charge in [0.1, 0.15) is 12.4 Å². The number of nitrogens with two attached hydrogens (primary N) is 1. The first-order chi connectivity index (χ1) is 7.81. The Balaban J connectivity index is 2.13. The van der Waals surface area contributed by atoms with Crippen LogP contribution in [-0.4, -0.2) is 25.5 Å². The van der Waals surface area contributed by atoms with Gasteiger partial charge < -0.3 is 15.8 Å². The normalized spacial score (nSPS) is 13.6. The topological polar surface area (TPSA) is 64.4 Å². The van der Waals surface area contributed by atoms with E-state index in [0.29, 0.717) is 19.6 Å². The number of ketones is 1. The van der Waals surface area contributed by atoms with Gasteiger partial charge in [-0.25, -0.2) is 0 Å². The van der Waals surface area contributed by atoms with Crippen molar-refractivity contribution < 1.29 is 9.53 Å². The SMILES string of the molecule is NCCCC(=O)c1ccc2c(c1)NCCO2. The first kappa shape index (κ1) is 11.0. The van der Waals surface area contributed by atoms with E-state index in [4.69, 9.17) is 10.5 Å². The molecular formula is C12H16N2O2. The lowest BCUT2D eigenvalue weighted by Crippen LogP contribution is -2.18. The summed E-state index contributed by atoms with van der Waals surface area (Å²) in [6.45, 7) is 2.01. The minimum atomic E-state index is 0.139. The summed E-state index contributed by atoms with van der Waals surface area (Å²) >= 11 is 0. The average molecular weight is 220 g/mol. The highest BCUT2D eigenvalue weighted by atomic mass is 16.5. The van der Waals surface area contributed by atoms with E-state index < -0.39 is 0 Å². The third-order valence-corrected chi connectivity index (χ3v) is 2.58. The zero-order valence-corrected chi connectivity index (χ0v) is 9.16. The van der Waals surface area contributed by atoms with Gasteiger partial charge in [0.05, 0.1) is 5.69 Å². The quantitative estimate of drug-likeness (QED) is 0.753. The minimum absolute atomic E-state index is 0.139. The molecule has 0 saturated heterocycles. The molecule has 16 heavy (non-hydrogen) atoms. The Bertz CT molecular complexity index is 391. The van der Waals surface area contributed by atoms with E-state index in [-0.39, 0.29) is 5.78 Å². The van der Waals surface area contributed by atoms with Crippen LogP contribution in [0.2, 0.25) is 0 Å². The van der Waals surface area contributed by atoms with E-state index in [9.17, 15) is 4.79 Å². The molecular weight excluding hydrogens is 204 g/mol. The van der Waals surface area contributed by atoms with Crippen molar-refractivity contribution >= 4 is 11.5 Å². The van der Waals surface area contributed by atoms with E-state index in [0.717, 1.165) is 30.0 Å². The summed E-state index contributed by atoms with van der Waals surface area (Å²) in [5.41, 5.74) is 7.02. The largest absolute Gasteiger partial charge is 0.490 e. The molecule has 0 saturated carbocycles. The Labute approximate surface area is 94.8 Å². The molecule has 0 aromatic heterocycles. The second-order valence-corrected chi connectivity index (χ2v) is 3.80. The van der Waals surface area contributed by atoms with E-state index in [1.807, 2.05) is 18.2 Å². The lowest BCUT2D eigenvalue weighted by atomic mass is 10.1. The van der Waals surface area contributed by atoms with Crippen molar-refractivity contribution in [1.82, 2.24) is 0 Å². The lowest BCUT2D eigenvalue weighted by molar-refractivity contribution is 0.0981. The maximum absolute atomic E-state index is 11.8. The number of Topliss-reactive ketones (excluding diaryl/α,β-unsaturated/α-hetero) is 1. The number of hydrogen-bond donors (Lipinski definition) is 2. The fraction of sp³-hybridized carbons (Fsp3) is 0.417. The molecule has 0 unspecified atom stereocenters. The molecule has 86 valence electrons. The first-order valence-corrected chi connectivity index (χ1v) is 5.55. The summed E-state index contributed by atoms with van der Waals surface area (Å²) in [6.07, 6.45) is 1.25. The molecule has 0 atom stereocenters. The highest BCUT2D eigenvalue weighted by Crippen LogP contribution is 2.28. The van der Waals surface area contributed by atoms with Crippen LogP contribution < -0.4 is 15.8 Å². The summed E-state index contributed by atoms with van der Waals surface area (Å²) in [5, 5.41) is 3.21. The Hall–Kier alpha value is -1.55. The van der Waals surface area contributed by atoms with Crippen LogP contribution in [0.25, 0.3) is 0 Å². The number of rotatable bonds is 4. The Morgan fingerprint density at radius 1 is 1.50 bits per heavy atom. The zero-order valence-electron chi connectivity index (χ0n) is 9.16. The minimum Gasteiger partial charge on any atom is -0.490 e. The molecule has 2 rings (SSSR count). The number of benzene rings is 1. The molecule has 0 bridgehead atoms. The first-order valence-electron chi connectivity index (χ1n) is 5.55. The van der Waals surface area contributed by atoms with Crippen molar-refractivity contribution in [2.24, 2.45) is 5.73 Å². The predicted molar refractivity (Wildman–Crippen MR) is 63.0 cm³/mol. The molecule has 1 aromatic rings. The highest BCUT2D eigenvalue weighted by Gasteiger charge is 2.12. The predicted octanol–water partition coefficient (Wildman–Crippen LogP) is 1.41. The van der Waals surface area contributed by atoms with Crippen molar-refractivity contribution in [3.05, 3.63) is 23.8 Å². The van der Waals surface area contributed by atoms with Crippen LogP contribution in [0.3, 0.4) is 0 Å². The summed E-state index contributed by atoms with van der Waals surface area (Å²) in [6, 6.07) is 5.51. The molecule has 4 nitrogen and oxygen atoms in total. The monoisotopic (exact) mass is 220 g/mol. The number of hydrogen-bond acceptors (Lipinski definition) is 4. The molecule has 3 N–H and O–H groups in total. The summed E-state index contributed by atoms with van der Waals surface area (Å²) in [7, 11) is 0. The number of ether oxygens (including phenoxy) is 1. The standard InChI is InChI=1S/C12H16N2O2/c13-5-1-2-11(15)9-3-4-12-10(8-9)14-6-7-16-12/h3-4,8,14H,1-2,5-7,13H2. The van der Waals surface area contributed by atoms with Gasteiger partial charge in [0.15, 0.2) is 5.78 Å². The number of carbonyl (C=O) groups excluding carboxylic acids is 1. The van der Waals surface area contributed by atoms with Gasteiger partial charge in [0.2, 0.25) is 0 Å². The Morgan fingerprint density at radius 3 is 3.19 bits per heavy atom. The van der Waals surface area contributed by atoms with Gasteiger partial charge in [0, 0.05) is 18.5 Å². The third kappa shape index (κ3) is 2.33. The average Bonchev–Trinajstić information content (AvgIpc) is 2.35. The zero-order chi connectivity index (χ0) is 11.4. The van der Waals surface area contributed by atoms with E-state index in [1.165, 1.54) is 0 Å². The van der Waals surface area contributed by atoms with Gasteiger partial charge in [-0.05, 0) is 31.2 Å². The van der Waals surface area contributed by atoms with E-state index in [2.05, 4.69) is 5.32 Å². The van der Waals surface area contributed by atoms with Crippen LogP contribution in [0.5, 0.6) is 5.75 Å². The van der Waals surface area contributed by atoms with Crippen LogP contribution in [0.4, 0.5) is 5.69 Å². The van der Waals surface area contributed by atoms with Gasteiger partial charge in [-0.3, -0.25) is 4.79 Å². The van der Waals surface area contributed by atoms with Crippen LogP contribution in [0, 0.1) is 0 Å². The van der Waals surface area contributed by atoms with Crippen molar-refractivity contribution in [2.45, 2.75) is 12.8 Å². The van der Waals surface area contributed by atoms with Gasteiger partial charge in [-0.1, -0.05) is 0 Å². The fourth-order valence-corrected chi connectivity index (χ4v) is 1.72. The smallest absolute Gasteiger partial charge is 0.163 e. The van der Waals surface area contributed by atoms with Gasteiger partial charge in [-0.2, -0.15) is 0 Å². The molecule has 0 spiro atoms. The number of carbonyl (C=O) groups is 1. The van der Waals surface area contributed by atoms with E-state index >= 15 is 0 Å². The van der Waals surface area contributed by atoms with Gasteiger partial charge in [0.25, 0.3) is 0 Å². The molecule has 1 aliphatic heterocycles. The van der Waals surface area contributed by atoms with Gasteiger partial charge >= 0.3 is 0 Å². The van der Waals surface area contributed by atoms with Crippen molar-refractivity contribution in [2.75, 3.05) is 25.0 Å². The Kier molecular flexibility index (Phi) is 3.41. The summed E-state index contributed by atoms with van der Waals surface area (Å²) in [4.78, 5) is 11.8. The fourth-order valence-electron chi connectivity index (χ4n) is 1.72. The molecule has 0 aliphatic carbocycles. The number of nitrogens with one attached hydrogen (secondary N) is 1. The molecule has 1 aliphatic rings. The summed E-state index contributed by atoms with van der Waals surface area (Å²) in [5.74, 6) is 0.960. The lowest BCUT2D eigenvalue weighted by Gasteiger charge is -2.19. The number of anilines is 1. The van der Waals surface area contributed by atoms with Crippen LogP contribution in [0.15, 0.2) is 18.2 Å². The second kappa shape index (κ2) is 4.99. The molecule has 1 heterocycles. The maximum Gasteiger partial charge on any atom is 0.163 e. The molecule has 1 aromatic carbocycles. The third-order valence-electron chi connectivity index (χ3n) is 2.58. The maximum atomic E-state index is 11.8. The van der Waals surface area contributed by atoms with Gasteiger partial charge in [-0.15, -0.1) is 0 Å². The Morgan fingerprint density at radius 2 is 2.38 bits per heavy atom. The molecule has 0 fully saturated rings. The van der Waals surface area contributed by atoms with Crippen molar-refractivity contribution in [1.29, 1.82) is 0 Å². The number of fused-ring (bicyclic) bond motifs is 1. The molecule has 0 amide bonds. The molecule has 4 heteroatoms. The van der Waals surface area contributed by atoms with Crippen molar-refractivity contribution in [3.8, 4) is 5.75 Å². The summed E-state index contributed by atoms with van der Waals surface area (Å²) < 4.78 is 5.45. The van der Waals surface area contributed by atoms with Crippen LogP contribution >= 0.6 is 0 Å². The van der Waals surface area contributed by atoms with E-state index in [1.54, 1.807) is 0 Å². The molecule has 0 radical (unpaired) electrons. The highest BCUT2D eigenvalue weighted by molar-refractivity contribution is 5.97. The van der Waals surface area contributed by atoms with Crippen LogP contribution in [0.1, 0.15) is 23.2 Å². The van der Waals surface area contributed by atoms with Crippen molar-refractivity contribution in [3.63, 3.8) is 0 Å². The van der Waals surface area contributed by atoms with Crippen LogP contribution in [-0.2, 0) is 0 Å². The second-order valence-electron chi connectivity index (χ2n) is 3.80.